The first-order valence-corrected chi connectivity index (χ1v) is 13.2. The molecular weight excluding hydrogens is 484 g/mol. The van der Waals surface area contributed by atoms with Gasteiger partial charge in [-0.1, -0.05) is 78.9 Å². The highest BCUT2D eigenvalue weighted by atomic mass is 16.5. The van der Waals surface area contributed by atoms with Crippen molar-refractivity contribution in [3.05, 3.63) is 137 Å². The van der Waals surface area contributed by atoms with Gasteiger partial charge in [-0.15, -0.1) is 5.10 Å². The lowest BCUT2D eigenvalue weighted by Gasteiger charge is -2.31. The van der Waals surface area contributed by atoms with Gasteiger partial charge >= 0.3 is 5.82 Å². The smallest absolute Gasteiger partial charge is 0.312 e. The average molecular weight is 510 g/mol. The Morgan fingerprint density at radius 1 is 0.821 bits per heavy atom. The van der Waals surface area contributed by atoms with Crippen LogP contribution in [0.25, 0.3) is 27.1 Å². The molecule has 0 bridgehead atoms. The number of fused-ring (bicyclic) bond motifs is 5. The van der Waals surface area contributed by atoms with Crippen molar-refractivity contribution in [1.82, 2.24) is 15.5 Å². The zero-order chi connectivity index (χ0) is 25.9. The highest BCUT2D eigenvalue weighted by molar-refractivity contribution is 5.87. The zero-order valence-corrected chi connectivity index (χ0v) is 21.1. The van der Waals surface area contributed by atoms with Crippen LogP contribution in [0.15, 0.2) is 109 Å². The number of rotatable bonds is 3. The van der Waals surface area contributed by atoms with Gasteiger partial charge in [-0.2, -0.15) is 0 Å². The molecule has 6 aromatic rings. The van der Waals surface area contributed by atoms with Crippen LogP contribution in [0.1, 0.15) is 34.5 Å². The van der Waals surface area contributed by atoms with E-state index in [0.717, 1.165) is 50.3 Å². The molecule has 3 N–H and O–H groups in total. The van der Waals surface area contributed by atoms with Crippen LogP contribution >= 0.6 is 0 Å². The summed E-state index contributed by atoms with van der Waals surface area (Å²) in [5, 5.41) is 27.4. The molecule has 0 radical (unpaired) electrons. The van der Waals surface area contributed by atoms with Crippen LogP contribution in [0.2, 0.25) is 0 Å². The molecule has 0 aliphatic carbocycles. The number of hydrogen-bond acceptors (Lipinski definition) is 4. The van der Waals surface area contributed by atoms with E-state index >= 15 is 0 Å². The van der Waals surface area contributed by atoms with Crippen molar-refractivity contribution >= 4 is 27.1 Å². The van der Waals surface area contributed by atoms with Gasteiger partial charge in [0.2, 0.25) is 11.7 Å². The Labute approximate surface area is 224 Å². The number of nitrogens with one attached hydrogen (secondary N) is 2. The van der Waals surface area contributed by atoms with Crippen LogP contribution < -0.4 is 14.6 Å². The van der Waals surface area contributed by atoms with Gasteiger partial charge in [0.05, 0.1) is 17.6 Å². The van der Waals surface area contributed by atoms with Crippen molar-refractivity contribution < 1.29 is 14.4 Å². The van der Waals surface area contributed by atoms with E-state index in [0.29, 0.717) is 18.7 Å². The minimum Gasteiger partial charge on any atom is -0.507 e. The molecule has 1 atom stereocenters. The Balaban J connectivity index is 1.29. The predicted octanol–water partition coefficient (Wildman–Crippen LogP) is 5.75. The number of H-pyrrole nitrogens is 1. The molecule has 6 heteroatoms. The maximum atomic E-state index is 11.2. The standard InChI is InChI=1S/C33H24N4O2/c38-28-18-23-12-6-5-11-22(23)16-26(28)31-34-33-27(17-25-15-21-10-4-7-13-24(21)19-29(25)39-33)32-36-35-30(37(31)32)14-20-8-2-1-3-9-20/h1-13,15-16,18-19,31H,14,17H2,(H2,34,36,38)/p+1. The third kappa shape index (κ3) is 3.56. The molecule has 2 aliphatic rings. The van der Waals surface area contributed by atoms with E-state index in [4.69, 9.17) is 9.84 Å². The van der Waals surface area contributed by atoms with Crippen LogP contribution in [-0.4, -0.2) is 15.3 Å². The van der Waals surface area contributed by atoms with Crippen LogP contribution in [0.5, 0.6) is 11.5 Å². The number of benzene rings is 5. The molecule has 0 spiro atoms. The largest absolute Gasteiger partial charge is 0.507 e. The molecular formula is C33H25N4O2+. The quantitative estimate of drug-likeness (QED) is 0.266. The molecule has 8 rings (SSSR count). The summed E-state index contributed by atoms with van der Waals surface area (Å²) in [7, 11) is 0. The van der Waals surface area contributed by atoms with E-state index < -0.39 is 6.17 Å². The van der Waals surface area contributed by atoms with E-state index in [1.54, 1.807) is 0 Å². The summed E-state index contributed by atoms with van der Waals surface area (Å²) in [5.74, 6) is 3.49. The minimum absolute atomic E-state index is 0.225. The second kappa shape index (κ2) is 8.46. The Morgan fingerprint density at radius 3 is 2.26 bits per heavy atom. The van der Waals surface area contributed by atoms with Crippen molar-refractivity contribution in [2.24, 2.45) is 0 Å². The Kier molecular flexibility index (Phi) is 4.76. The van der Waals surface area contributed by atoms with Gasteiger partial charge in [0.1, 0.15) is 11.5 Å². The monoisotopic (exact) mass is 509 g/mol. The van der Waals surface area contributed by atoms with Crippen molar-refractivity contribution in [1.29, 1.82) is 0 Å². The molecule has 188 valence electrons. The Hall–Kier alpha value is -5.10. The number of ether oxygens (including phenoxy) is 1. The summed E-state index contributed by atoms with van der Waals surface area (Å²) >= 11 is 0. The molecule has 39 heavy (non-hydrogen) atoms. The SMILES string of the molecule is Oc1cc2ccccc2cc1C1NC2=C(Cc3cc4ccccc4cc3O2)c2n[nH]c(Cc3ccccc3)[n+]21. The zero-order valence-electron chi connectivity index (χ0n) is 21.1. The molecule has 1 aromatic heterocycles. The summed E-state index contributed by atoms with van der Waals surface area (Å²) in [6, 6.07) is 34.9. The van der Waals surface area contributed by atoms with Crippen molar-refractivity contribution in [2.75, 3.05) is 0 Å². The molecule has 6 nitrogen and oxygen atoms in total. The third-order valence-electron chi connectivity index (χ3n) is 7.79. The average Bonchev–Trinajstić information content (AvgIpc) is 3.38. The third-order valence-corrected chi connectivity index (χ3v) is 7.79. The Bertz CT molecular complexity index is 1940. The molecule has 0 saturated carbocycles. The molecule has 0 fully saturated rings. The van der Waals surface area contributed by atoms with E-state index in [1.807, 2.05) is 54.6 Å². The fraction of sp³-hybridized carbons (Fsp3) is 0.0909. The number of aromatic amines is 1. The number of aromatic nitrogens is 3. The minimum atomic E-state index is -0.414. The molecule has 1 unspecified atom stereocenters. The van der Waals surface area contributed by atoms with E-state index in [1.165, 1.54) is 10.9 Å². The molecule has 3 heterocycles. The Morgan fingerprint density at radius 2 is 1.49 bits per heavy atom. The van der Waals surface area contributed by atoms with E-state index in [2.05, 4.69) is 63.5 Å². The first-order chi connectivity index (χ1) is 19.2. The topological polar surface area (TPSA) is 74.0 Å². The van der Waals surface area contributed by atoms with Crippen LogP contribution in [0.3, 0.4) is 0 Å². The molecule has 5 aromatic carbocycles. The van der Waals surface area contributed by atoms with E-state index in [-0.39, 0.29) is 5.75 Å². The number of phenolic OH excluding ortho intramolecular Hbond substituents is 1. The van der Waals surface area contributed by atoms with Crippen LogP contribution in [0, 0.1) is 0 Å². The lowest BCUT2D eigenvalue weighted by atomic mass is 9.96. The molecule has 0 saturated heterocycles. The summed E-state index contributed by atoms with van der Waals surface area (Å²) in [6.45, 7) is 0. The lowest BCUT2D eigenvalue weighted by molar-refractivity contribution is -0.729. The summed E-state index contributed by atoms with van der Waals surface area (Å²) in [4.78, 5) is 0. The molecule has 2 aliphatic heterocycles. The molecule has 0 amide bonds. The highest BCUT2D eigenvalue weighted by Gasteiger charge is 2.41. The van der Waals surface area contributed by atoms with Crippen LogP contribution in [-0.2, 0) is 12.8 Å². The number of phenols is 1. The van der Waals surface area contributed by atoms with Crippen molar-refractivity contribution in [3.63, 3.8) is 0 Å². The van der Waals surface area contributed by atoms with Gasteiger partial charge in [-0.3, -0.25) is 0 Å². The highest BCUT2D eigenvalue weighted by Crippen LogP contribution is 2.39. The fourth-order valence-electron chi connectivity index (χ4n) is 5.87. The van der Waals surface area contributed by atoms with Crippen molar-refractivity contribution in [2.45, 2.75) is 19.0 Å². The van der Waals surface area contributed by atoms with Crippen LogP contribution in [0.4, 0.5) is 0 Å². The van der Waals surface area contributed by atoms with Gasteiger partial charge in [-0.05, 0) is 51.4 Å². The first-order valence-electron chi connectivity index (χ1n) is 13.2. The predicted molar refractivity (Wildman–Crippen MR) is 150 cm³/mol. The van der Waals surface area contributed by atoms with Gasteiger partial charge in [0, 0.05) is 17.1 Å². The summed E-state index contributed by atoms with van der Waals surface area (Å²) in [6.07, 6.45) is 0.947. The maximum Gasteiger partial charge on any atom is 0.312 e. The summed E-state index contributed by atoms with van der Waals surface area (Å²) < 4.78 is 8.70. The van der Waals surface area contributed by atoms with Gasteiger partial charge in [-0.25, -0.2) is 4.57 Å². The van der Waals surface area contributed by atoms with Gasteiger partial charge in [0.25, 0.3) is 0 Å². The second-order valence-electron chi connectivity index (χ2n) is 10.2. The number of hydrogen-bond donors (Lipinski definition) is 3. The second-order valence-corrected chi connectivity index (χ2v) is 10.2. The summed E-state index contributed by atoms with van der Waals surface area (Å²) in [5.41, 5.74) is 4.05. The van der Waals surface area contributed by atoms with Gasteiger partial charge < -0.3 is 15.2 Å². The fourth-order valence-corrected chi connectivity index (χ4v) is 5.87. The number of nitrogens with zero attached hydrogens (tertiary/aromatic N) is 2. The normalized spacial score (nSPS) is 15.8. The first kappa shape index (κ1) is 21.9. The van der Waals surface area contributed by atoms with Gasteiger partial charge in [0.15, 0.2) is 6.17 Å². The number of aromatic hydroxyl groups is 1. The number of allylic oxidation sites excluding steroid dienone is 1. The lowest BCUT2D eigenvalue weighted by Crippen LogP contribution is -2.56. The van der Waals surface area contributed by atoms with E-state index in [9.17, 15) is 5.11 Å². The van der Waals surface area contributed by atoms with Crippen molar-refractivity contribution in [3.8, 4) is 11.5 Å². The maximum absolute atomic E-state index is 11.2.